The van der Waals surface area contributed by atoms with E-state index in [-0.39, 0.29) is 0 Å². The van der Waals surface area contributed by atoms with E-state index < -0.39 is 36.5 Å². The largest absolute Gasteiger partial charge is 0.394 e. The number of ether oxygens (including phenoxy) is 1. The van der Waals surface area contributed by atoms with Crippen LogP contribution >= 0.6 is 12.6 Å². The predicted octanol–water partition coefficient (Wildman–Crippen LogP) is -2.28. The van der Waals surface area contributed by atoms with Crippen molar-refractivity contribution in [1.82, 2.24) is 0 Å². The second kappa shape index (κ2) is 3.91. The second-order valence-electron chi connectivity index (χ2n) is 2.72. The normalized spacial score (nSPS) is 49.2. The van der Waals surface area contributed by atoms with Crippen LogP contribution in [0, 0.1) is 0 Å². The third-order valence-electron chi connectivity index (χ3n) is 1.87. The smallest absolute Gasteiger partial charge is 0.129 e. The van der Waals surface area contributed by atoms with Crippen molar-refractivity contribution in [3.05, 3.63) is 0 Å². The highest BCUT2D eigenvalue weighted by atomic mass is 32.1. The Morgan fingerprint density at radius 1 is 1.08 bits per heavy atom. The van der Waals surface area contributed by atoms with Gasteiger partial charge in [0.05, 0.1) is 6.61 Å². The Morgan fingerprint density at radius 3 is 2.17 bits per heavy atom. The average Bonchev–Trinajstić information content (AvgIpc) is 2.08. The van der Waals surface area contributed by atoms with E-state index in [4.69, 9.17) is 14.9 Å². The SMILES string of the molecule is OC[C@H]1OC(S)[C@@H](O)[C@@H](O)[C@@H]1O. The number of hydrogen-bond acceptors (Lipinski definition) is 6. The molecule has 1 fully saturated rings. The van der Waals surface area contributed by atoms with Gasteiger partial charge in [-0.25, -0.2) is 0 Å². The molecule has 1 heterocycles. The Bertz CT molecular complexity index is 150. The van der Waals surface area contributed by atoms with Crippen molar-refractivity contribution in [3.63, 3.8) is 0 Å². The topological polar surface area (TPSA) is 90.2 Å². The average molecular weight is 196 g/mol. The van der Waals surface area contributed by atoms with Gasteiger partial charge in [-0.1, -0.05) is 0 Å². The van der Waals surface area contributed by atoms with Crippen LogP contribution in [0.3, 0.4) is 0 Å². The van der Waals surface area contributed by atoms with Crippen LogP contribution in [-0.4, -0.2) is 56.9 Å². The van der Waals surface area contributed by atoms with Crippen LogP contribution in [0.25, 0.3) is 0 Å². The van der Waals surface area contributed by atoms with E-state index in [9.17, 15) is 10.2 Å². The van der Waals surface area contributed by atoms with Crippen molar-refractivity contribution in [1.29, 1.82) is 0 Å². The van der Waals surface area contributed by atoms with Gasteiger partial charge in [-0.3, -0.25) is 0 Å². The molecule has 5 atom stereocenters. The van der Waals surface area contributed by atoms with E-state index in [1.165, 1.54) is 0 Å². The molecule has 1 aliphatic rings. The predicted molar refractivity (Wildman–Crippen MR) is 42.8 cm³/mol. The molecule has 1 saturated heterocycles. The molecule has 6 heteroatoms. The van der Waals surface area contributed by atoms with Crippen LogP contribution in [-0.2, 0) is 4.74 Å². The second-order valence-corrected chi connectivity index (χ2v) is 3.23. The van der Waals surface area contributed by atoms with Gasteiger partial charge in [0.2, 0.25) is 0 Å². The molecule has 0 aromatic carbocycles. The van der Waals surface area contributed by atoms with Crippen molar-refractivity contribution in [2.24, 2.45) is 0 Å². The molecule has 0 amide bonds. The van der Waals surface area contributed by atoms with Gasteiger partial charge in [-0.05, 0) is 0 Å². The first-order valence-electron chi connectivity index (χ1n) is 3.56. The minimum Gasteiger partial charge on any atom is -0.394 e. The molecule has 1 rings (SSSR count). The van der Waals surface area contributed by atoms with Gasteiger partial charge in [0.1, 0.15) is 29.9 Å². The zero-order chi connectivity index (χ0) is 9.30. The molecule has 0 spiro atoms. The minimum atomic E-state index is -1.32. The molecule has 0 bridgehead atoms. The first-order chi connectivity index (χ1) is 5.57. The van der Waals surface area contributed by atoms with Crippen LogP contribution in [0.5, 0.6) is 0 Å². The zero-order valence-electron chi connectivity index (χ0n) is 6.24. The summed E-state index contributed by atoms with van der Waals surface area (Å²) in [6, 6.07) is 0. The summed E-state index contributed by atoms with van der Waals surface area (Å²) in [5, 5.41) is 36.2. The third-order valence-corrected chi connectivity index (χ3v) is 2.29. The number of hydrogen-bond donors (Lipinski definition) is 5. The lowest BCUT2D eigenvalue weighted by molar-refractivity contribution is -0.205. The van der Waals surface area contributed by atoms with Crippen molar-refractivity contribution < 1.29 is 25.2 Å². The molecule has 0 radical (unpaired) electrons. The van der Waals surface area contributed by atoms with Crippen LogP contribution in [0.4, 0.5) is 0 Å². The Balaban J connectivity index is 2.63. The van der Waals surface area contributed by atoms with Gasteiger partial charge in [0.25, 0.3) is 0 Å². The first kappa shape index (κ1) is 10.2. The minimum absolute atomic E-state index is 0.415. The van der Waals surface area contributed by atoms with Crippen LogP contribution in [0.2, 0.25) is 0 Å². The van der Waals surface area contributed by atoms with Crippen molar-refractivity contribution >= 4 is 12.6 Å². The van der Waals surface area contributed by atoms with Crippen molar-refractivity contribution in [3.8, 4) is 0 Å². The van der Waals surface area contributed by atoms with Gasteiger partial charge in [-0.2, -0.15) is 0 Å². The number of rotatable bonds is 1. The molecule has 1 aliphatic heterocycles. The maximum atomic E-state index is 9.20. The molecule has 0 aliphatic carbocycles. The molecule has 0 aromatic rings. The van der Waals surface area contributed by atoms with E-state index >= 15 is 0 Å². The lowest BCUT2D eigenvalue weighted by Crippen LogP contribution is -2.56. The van der Waals surface area contributed by atoms with Crippen molar-refractivity contribution in [2.45, 2.75) is 29.9 Å². The van der Waals surface area contributed by atoms with E-state index in [0.29, 0.717) is 0 Å². The molecule has 1 unspecified atom stereocenters. The highest BCUT2D eigenvalue weighted by molar-refractivity contribution is 7.80. The van der Waals surface area contributed by atoms with Gasteiger partial charge in [0.15, 0.2) is 0 Å². The fraction of sp³-hybridized carbons (Fsp3) is 1.00. The summed E-state index contributed by atoms with van der Waals surface area (Å²) in [7, 11) is 0. The Labute approximate surface area is 75.0 Å². The van der Waals surface area contributed by atoms with E-state index in [0.717, 1.165) is 0 Å². The lowest BCUT2D eigenvalue weighted by atomic mass is 10.0. The molecular weight excluding hydrogens is 184 g/mol. The summed E-state index contributed by atoms with van der Waals surface area (Å²) in [5.74, 6) is 0. The summed E-state index contributed by atoms with van der Waals surface area (Å²) in [4.78, 5) is 0. The van der Waals surface area contributed by atoms with Gasteiger partial charge >= 0.3 is 0 Å². The highest BCUT2D eigenvalue weighted by Crippen LogP contribution is 2.22. The molecule has 0 aromatic heterocycles. The van der Waals surface area contributed by atoms with E-state index in [2.05, 4.69) is 12.6 Å². The molecule has 4 N–H and O–H groups in total. The number of aliphatic hydroxyl groups excluding tert-OH is 4. The summed E-state index contributed by atoms with van der Waals surface area (Å²) in [5.41, 5.74) is -0.874. The summed E-state index contributed by atoms with van der Waals surface area (Å²) >= 11 is 3.81. The monoisotopic (exact) mass is 196 g/mol. The maximum Gasteiger partial charge on any atom is 0.129 e. The van der Waals surface area contributed by atoms with Gasteiger partial charge < -0.3 is 25.2 Å². The molecule has 5 nitrogen and oxygen atoms in total. The zero-order valence-corrected chi connectivity index (χ0v) is 7.13. The number of thiol groups is 1. The summed E-state index contributed by atoms with van der Waals surface area (Å²) in [6.07, 6.45) is -4.70. The summed E-state index contributed by atoms with van der Waals surface area (Å²) < 4.78 is 4.88. The van der Waals surface area contributed by atoms with E-state index in [1.807, 2.05) is 0 Å². The van der Waals surface area contributed by atoms with Crippen molar-refractivity contribution in [2.75, 3.05) is 6.61 Å². The quantitative estimate of drug-likeness (QED) is 0.305. The lowest BCUT2D eigenvalue weighted by Gasteiger charge is -2.37. The van der Waals surface area contributed by atoms with Crippen LogP contribution in [0.15, 0.2) is 0 Å². The first-order valence-corrected chi connectivity index (χ1v) is 4.08. The van der Waals surface area contributed by atoms with Crippen LogP contribution in [0.1, 0.15) is 0 Å². The molecule has 0 saturated carbocycles. The summed E-state index contributed by atoms with van der Waals surface area (Å²) in [6.45, 7) is -0.415. The fourth-order valence-corrected chi connectivity index (χ4v) is 1.41. The molecular formula is C6H12O5S. The molecule has 12 heavy (non-hydrogen) atoms. The standard InChI is InChI=1S/C6H12O5S/c7-1-2-3(8)4(9)5(10)6(12)11-2/h2-10,12H,1H2/t2-,3-,4+,5+,6?/m1/s1. The third kappa shape index (κ3) is 1.73. The molecule has 72 valence electrons. The fourth-order valence-electron chi connectivity index (χ4n) is 1.08. The van der Waals surface area contributed by atoms with Crippen LogP contribution < -0.4 is 0 Å². The van der Waals surface area contributed by atoms with Gasteiger partial charge in [-0.15, -0.1) is 12.6 Å². The van der Waals surface area contributed by atoms with E-state index in [1.54, 1.807) is 0 Å². The Morgan fingerprint density at radius 2 is 1.67 bits per heavy atom. The Hall–Kier alpha value is 0.150. The number of aliphatic hydroxyl groups is 4. The van der Waals surface area contributed by atoms with Gasteiger partial charge in [0, 0.05) is 0 Å². The Kier molecular flexibility index (Phi) is 3.33. The maximum absolute atomic E-state index is 9.20. The highest BCUT2D eigenvalue weighted by Gasteiger charge is 2.41.